The van der Waals surface area contributed by atoms with Crippen molar-refractivity contribution < 1.29 is 19.1 Å². The van der Waals surface area contributed by atoms with Crippen molar-refractivity contribution in [3.8, 4) is 11.5 Å². The Morgan fingerprint density at radius 2 is 1.35 bits per heavy atom. The van der Waals surface area contributed by atoms with E-state index < -0.39 is 5.25 Å². The number of carbonyl (C=O) groups is 2. The predicted molar refractivity (Wildman–Crippen MR) is 149 cm³/mol. The second-order valence-corrected chi connectivity index (χ2v) is 9.24. The molecule has 2 N–H and O–H groups in total. The van der Waals surface area contributed by atoms with Gasteiger partial charge < -0.3 is 20.1 Å². The molecular weight excluding hydrogens is 484 g/mol. The van der Waals surface area contributed by atoms with E-state index in [0.717, 1.165) is 16.2 Å². The summed E-state index contributed by atoms with van der Waals surface area (Å²) in [5.41, 5.74) is 2.80. The van der Waals surface area contributed by atoms with Crippen molar-refractivity contribution in [3.05, 3.63) is 114 Å². The first kappa shape index (κ1) is 25.9. The Morgan fingerprint density at radius 1 is 0.757 bits per heavy atom. The maximum absolute atomic E-state index is 13.3. The summed E-state index contributed by atoms with van der Waals surface area (Å²) in [7, 11) is 1.58. The molecule has 6 nitrogen and oxygen atoms in total. The molecule has 0 saturated heterocycles. The van der Waals surface area contributed by atoms with Crippen molar-refractivity contribution in [1.29, 1.82) is 0 Å². The fourth-order valence-electron chi connectivity index (χ4n) is 3.61. The van der Waals surface area contributed by atoms with Crippen molar-refractivity contribution in [3.63, 3.8) is 0 Å². The van der Waals surface area contributed by atoms with Crippen LogP contribution in [0.15, 0.2) is 108 Å². The fourth-order valence-corrected chi connectivity index (χ4v) is 4.63. The molecule has 0 aliphatic rings. The Kier molecular flexibility index (Phi) is 8.84. The zero-order valence-electron chi connectivity index (χ0n) is 20.6. The molecular formula is C30H28N2O4S. The van der Waals surface area contributed by atoms with Crippen molar-refractivity contribution in [1.82, 2.24) is 0 Å². The van der Waals surface area contributed by atoms with Crippen molar-refractivity contribution in [2.45, 2.75) is 17.1 Å². The average Bonchev–Trinajstić information content (AvgIpc) is 2.94. The second-order valence-electron chi connectivity index (χ2n) is 8.06. The minimum absolute atomic E-state index is 0.128. The Labute approximate surface area is 221 Å². The molecule has 4 aromatic carbocycles. The molecule has 7 heteroatoms. The lowest BCUT2D eigenvalue weighted by atomic mass is 10.1. The summed E-state index contributed by atoms with van der Waals surface area (Å²) in [6, 6.07) is 31.4. The van der Waals surface area contributed by atoms with E-state index in [1.54, 1.807) is 31.4 Å². The van der Waals surface area contributed by atoms with Crippen LogP contribution in [0.5, 0.6) is 11.5 Å². The smallest absolute Gasteiger partial charge is 0.255 e. The van der Waals surface area contributed by atoms with Gasteiger partial charge in [0.15, 0.2) is 0 Å². The largest absolute Gasteiger partial charge is 0.497 e. The Bertz CT molecular complexity index is 1310. The van der Waals surface area contributed by atoms with Gasteiger partial charge in [0.2, 0.25) is 5.91 Å². The molecule has 37 heavy (non-hydrogen) atoms. The highest BCUT2D eigenvalue weighted by Crippen LogP contribution is 2.37. The summed E-state index contributed by atoms with van der Waals surface area (Å²) in [4.78, 5) is 26.8. The minimum atomic E-state index is -0.465. The van der Waals surface area contributed by atoms with Crippen LogP contribution in [0.25, 0.3) is 0 Å². The minimum Gasteiger partial charge on any atom is -0.497 e. The molecule has 2 amide bonds. The Balaban J connectivity index is 1.45. The quantitative estimate of drug-likeness (QED) is 0.228. The number of amides is 2. The summed E-state index contributed by atoms with van der Waals surface area (Å²) < 4.78 is 10.6. The van der Waals surface area contributed by atoms with Gasteiger partial charge in [-0.3, -0.25) is 9.59 Å². The summed E-state index contributed by atoms with van der Waals surface area (Å²) >= 11 is 1.45. The average molecular weight is 513 g/mol. The zero-order valence-corrected chi connectivity index (χ0v) is 21.5. The van der Waals surface area contributed by atoms with E-state index in [4.69, 9.17) is 9.47 Å². The highest BCUT2D eigenvalue weighted by atomic mass is 32.2. The Hall–Kier alpha value is -4.23. The van der Waals surface area contributed by atoms with Crippen LogP contribution in [0, 0.1) is 0 Å². The molecule has 1 unspecified atom stereocenters. The maximum atomic E-state index is 13.3. The van der Waals surface area contributed by atoms with Crippen LogP contribution in [0.1, 0.15) is 28.1 Å². The molecule has 188 valence electrons. The van der Waals surface area contributed by atoms with Gasteiger partial charge in [-0.05, 0) is 85.3 Å². The number of hydrogen-bond acceptors (Lipinski definition) is 5. The monoisotopic (exact) mass is 512 g/mol. The van der Waals surface area contributed by atoms with Gasteiger partial charge in [-0.2, -0.15) is 0 Å². The summed E-state index contributed by atoms with van der Waals surface area (Å²) in [5, 5.41) is 5.45. The number of ether oxygens (including phenoxy) is 2. The topological polar surface area (TPSA) is 76.7 Å². The molecule has 0 aliphatic heterocycles. The molecule has 0 heterocycles. The molecule has 0 saturated carbocycles. The number of methoxy groups -OCH3 is 1. The van der Waals surface area contributed by atoms with Crippen LogP contribution in [-0.2, 0) is 4.79 Å². The summed E-state index contributed by atoms with van der Waals surface area (Å²) in [6.07, 6.45) is 0. The number of rotatable bonds is 10. The first-order valence-corrected chi connectivity index (χ1v) is 12.7. The first-order chi connectivity index (χ1) is 18.1. The van der Waals surface area contributed by atoms with E-state index in [1.807, 2.05) is 85.8 Å². The molecule has 4 aromatic rings. The van der Waals surface area contributed by atoms with Crippen molar-refractivity contribution in [2.75, 3.05) is 24.4 Å². The number of thioether (sulfide) groups is 1. The van der Waals surface area contributed by atoms with Crippen LogP contribution >= 0.6 is 11.8 Å². The van der Waals surface area contributed by atoms with Crippen molar-refractivity contribution in [2.24, 2.45) is 0 Å². The van der Waals surface area contributed by atoms with Gasteiger partial charge in [-0.25, -0.2) is 0 Å². The van der Waals surface area contributed by atoms with Crippen LogP contribution in [-0.4, -0.2) is 25.5 Å². The Morgan fingerprint density at radius 3 is 1.97 bits per heavy atom. The molecule has 0 radical (unpaired) electrons. The van der Waals surface area contributed by atoms with E-state index in [1.165, 1.54) is 11.8 Å². The third-order valence-corrected chi connectivity index (χ3v) is 6.76. The van der Waals surface area contributed by atoms with Gasteiger partial charge in [0.25, 0.3) is 5.91 Å². The van der Waals surface area contributed by atoms with Gasteiger partial charge in [0.05, 0.1) is 13.7 Å². The zero-order chi connectivity index (χ0) is 26.0. The van der Waals surface area contributed by atoms with E-state index in [9.17, 15) is 9.59 Å². The molecule has 0 aliphatic carbocycles. The third-order valence-electron chi connectivity index (χ3n) is 5.49. The number of nitrogens with one attached hydrogen (secondary N) is 2. The maximum Gasteiger partial charge on any atom is 0.255 e. The lowest BCUT2D eigenvalue weighted by molar-refractivity contribution is -0.115. The van der Waals surface area contributed by atoms with Gasteiger partial charge in [-0.1, -0.05) is 30.3 Å². The standard InChI is InChI=1S/C30H28N2O4S/c1-3-36-26-17-11-23(12-18-26)32-30(34)28(21-7-5-4-6-8-21)37-27-19-13-24(14-20-27)31-29(33)22-9-15-25(35-2)16-10-22/h4-20,28H,3H2,1-2H3,(H,31,33)(H,32,34). The van der Waals surface area contributed by atoms with Crippen LogP contribution in [0.2, 0.25) is 0 Å². The first-order valence-electron chi connectivity index (χ1n) is 11.9. The summed E-state index contributed by atoms with van der Waals surface area (Å²) in [5.74, 6) is 1.11. The molecule has 0 aromatic heterocycles. The van der Waals surface area contributed by atoms with Gasteiger partial charge in [0, 0.05) is 21.8 Å². The lowest BCUT2D eigenvalue weighted by Gasteiger charge is -2.17. The number of carbonyl (C=O) groups excluding carboxylic acids is 2. The third kappa shape index (κ3) is 7.15. The predicted octanol–water partition coefficient (Wildman–Crippen LogP) is 6.82. The van der Waals surface area contributed by atoms with E-state index in [-0.39, 0.29) is 11.8 Å². The highest BCUT2D eigenvalue weighted by molar-refractivity contribution is 8.00. The molecule has 0 bridgehead atoms. The van der Waals surface area contributed by atoms with Gasteiger partial charge in [0.1, 0.15) is 16.7 Å². The molecule has 4 rings (SSSR count). The second kappa shape index (κ2) is 12.6. The van der Waals surface area contributed by atoms with Gasteiger partial charge in [-0.15, -0.1) is 11.8 Å². The van der Waals surface area contributed by atoms with E-state index in [0.29, 0.717) is 29.3 Å². The normalized spacial score (nSPS) is 11.3. The highest BCUT2D eigenvalue weighted by Gasteiger charge is 2.22. The van der Waals surface area contributed by atoms with E-state index >= 15 is 0 Å². The number of benzene rings is 4. The SMILES string of the molecule is CCOc1ccc(NC(=O)C(Sc2ccc(NC(=O)c3ccc(OC)cc3)cc2)c2ccccc2)cc1. The van der Waals surface area contributed by atoms with Crippen LogP contribution in [0.3, 0.4) is 0 Å². The molecule has 1 atom stereocenters. The number of anilines is 2. The van der Waals surface area contributed by atoms with Crippen molar-refractivity contribution >= 4 is 35.0 Å². The summed E-state index contributed by atoms with van der Waals surface area (Å²) in [6.45, 7) is 2.52. The number of hydrogen-bond donors (Lipinski definition) is 2. The molecule has 0 spiro atoms. The van der Waals surface area contributed by atoms with Crippen LogP contribution < -0.4 is 20.1 Å². The fraction of sp³-hybridized carbons (Fsp3) is 0.133. The van der Waals surface area contributed by atoms with E-state index in [2.05, 4.69) is 10.6 Å². The van der Waals surface area contributed by atoms with Crippen LogP contribution in [0.4, 0.5) is 11.4 Å². The lowest BCUT2D eigenvalue weighted by Crippen LogP contribution is -2.19. The van der Waals surface area contributed by atoms with Gasteiger partial charge >= 0.3 is 0 Å². The molecule has 0 fully saturated rings.